The maximum absolute atomic E-state index is 5.80. The van der Waals surface area contributed by atoms with Gasteiger partial charge in [-0.25, -0.2) is 0 Å². The lowest BCUT2D eigenvalue weighted by Crippen LogP contribution is -2.22. The van der Waals surface area contributed by atoms with E-state index in [-0.39, 0.29) is 6.04 Å². The summed E-state index contributed by atoms with van der Waals surface area (Å²) in [6, 6.07) is 8.42. The van der Waals surface area contributed by atoms with Crippen molar-refractivity contribution in [2.45, 2.75) is 19.9 Å². The van der Waals surface area contributed by atoms with Crippen LogP contribution in [-0.4, -0.2) is 13.2 Å². The third kappa shape index (κ3) is 4.32. The maximum Gasteiger partial charge on any atom is 0.124 e. The molecule has 0 saturated heterocycles. The van der Waals surface area contributed by atoms with Crippen molar-refractivity contribution < 1.29 is 4.74 Å². The van der Waals surface area contributed by atoms with E-state index in [1.807, 2.05) is 19.1 Å². The second-order valence-corrected chi connectivity index (χ2v) is 8.55. The quantitative estimate of drug-likeness (QED) is 0.518. The molecule has 0 amide bonds. The van der Waals surface area contributed by atoms with Crippen molar-refractivity contribution in [1.82, 2.24) is 5.32 Å². The van der Waals surface area contributed by atoms with Gasteiger partial charge in [-0.2, -0.15) is 0 Å². The van der Waals surface area contributed by atoms with Gasteiger partial charge in [0.2, 0.25) is 0 Å². The molecule has 6 heteroatoms. The van der Waals surface area contributed by atoms with Gasteiger partial charge in [-0.1, -0.05) is 22.9 Å². The average molecular weight is 498 g/mol. The summed E-state index contributed by atoms with van der Waals surface area (Å²) in [7, 11) is 0. The highest BCUT2D eigenvalue weighted by atomic mass is 79.9. The molecule has 1 atom stereocenters. The van der Waals surface area contributed by atoms with Crippen molar-refractivity contribution >= 4 is 59.1 Å². The van der Waals surface area contributed by atoms with Crippen molar-refractivity contribution in [3.63, 3.8) is 0 Å². The van der Waals surface area contributed by atoms with Crippen LogP contribution in [0, 0.1) is 0 Å². The highest BCUT2D eigenvalue weighted by Gasteiger charge is 2.21. The lowest BCUT2D eigenvalue weighted by atomic mass is 10.0. The Morgan fingerprint density at radius 3 is 2.52 bits per heavy atom. The maximum atomic E-state index is 5.80. The third-order valence-electron chi connectivity index (χ3n) is 2.94. The molecule has 1 aromatic carbocycles. The smallest absolute Gasteiger partial charge is 0.124 e. The average Bonchev–Trinajstić information content (AvgIpc) is 2.78. The topological polar surface area (TPSA) is 21.3 Å². The number of nitrogens with one attached hydrogen (secondary N) is 1. The summed E-state index contributed by atoms with van der Waals surface area (Å²) < 4.78 is 9.04. The number of halogens is 3. The Bertz CT molecular complexity index is 595. The number of benzene rings is 1. The lowest BCUT2D eigenvalue weighted by Gasteiger charge is -2.20. The summed E-state index contributed by atoms with van der Waals surface area (Å²) in [6.07, 6.45) is 0. The number of thiophene rings is 1. The first-order valence-electron chi connectivity index (χ1n) is 6.67. The fraction of sp³-hybridized carbons (Fsp3) is 0.333. The molecular formula is C15H16Br3NOS. The van der Waals surface area contributed by atoms with Crippen LogP contribution >= 0.6 is 59.1 Å². The van der Waals surface area contributed by atoms with Crippen LogP contribution < -0.4 is 10.1 Å². The van der Waals surface area contributed by atoms with E-state index in [0.717, 1.165) is 30.6 Å². The van der Waals surface area contributed by atoms with E-state index in [1.165, 1.54) is 4.88 Å². The largest absolute Gasteiger partial charge is 0.494 e. The first-order valence-corrected chi connectivity index (χ1v) is 9.86. The number of hydrogen-bond donors (Lipinski definition) is 1. The van der Waals surface area contributed by atoms with Crippen LogP contribution in [0.2, 0.25) is 0 Å². The van der Waals surface area contributed by atoms with E-state index in [0.29, 0.717) is 6.61 Å². The third-order valence-corrected chi connectivity index (χ3v) is 6.75. The molecule has 0 saturated carbocycles. The van der Waals surface area contributed by atoms with Crippen molar-refractivity contribution in [1.29, 1.82) is 0 Å². The molecule has 1 heterocycles. The molecule has 0 aliphatic heterocycles. The van der Waals surface area contributed by atoms with E-state index in [9.17, 15) is 0 Å². The Balaban J connectivity index is 2.48. The zero-order chi connectivity index (χ0) is 15.4. The van der Waals surface area contributed by atoms with Crippen LogP contribution in [0.15, 0.2) is 37.0 Å². The summed E-state index contributed by atoms with van der Waals surface area (Å²) in [6.45, 7) is 5.66. The zero-order valence-electron chi connectivity index (χ0n) is 11.8. The predicted molar refractivity (Wildman–Crippen MR) is 101 cm³/mol. The van der Waals surface area contributed by atoms with E-state index >= 15 is 0 Å². The van der Waals surface area contributed by atoms with E-state index in [1.54, 1.807) is 11.3 Å². The van der Waals surface area contributed by atoms with Gasteiger partial charge in [-0.15, -0.1) is 11.3 Å². The molecule has 2 rings (SSSR count). The predicted octanol–water partition coefficient (Wildman–Crippen LogP) is 6.13. The summed E-state index contributed by atoms with van der Waals surface area (Å²) >= 11 is 12.4. The highest BCUT2D eigenvalue weighted by Crippen LogP contribution is 2.40. The Morgan fingerprint density at radius 1 is 1.19 bits per heavy atom. The summed E-state index contributed by atoms with van der Waals surface area (Å²) in [5.74, 6) is 0.923. The fourth-order valence-electron chi connectivity index (χ4n) is 2.11. The Hall–Kier alpha value is 0.120. The van der Waals surface area contributed by atoms with Gasteiger partial charge in [0.1, 0.15) is 5.75 Å². The molecular weight excluding hydrogens is 482 g/mol. The SMILES string of the molecule is CCNC(c1cc(Br)c(Br)s1)c1cc(Br)ccc1OCC. The van der Waals surface area contributed by atoms with Gasteiger partial charge in [-0.05, 0) is 69.6 Å². The number of ether oxygens (including phenoxy) is 1. The standard InChI is InChI=1S/C15H16Br3NOS/c1-3-19-14(13-8-11(17)15(18)21-13)10-7-9(16)5-6-12(10)20-4-2/h5-8,14,19H,3-4H2,1-2H3. The van der Waals surface area contributed by atoms with Gasteiger partial charge in [0.15, 0.2) is 0 Å². The van der Waals surface area contributed by atoms with Crippen molar-refractivity contribution in [2.75, 3.05) is 13.2 Å². The molecule has 2 nitrogen and oxygen atoms in total. The molecule has 0 aliphatic rings. The van der Waals surface area contributed by atoms with Crippen LogP contribution in [0.3, 0.4) is 0 Å². The van der Waals surface area contributed by atoms with Crippen LogP contribution in [0.1, 0.15) is 30.3 Å². The van der Waals surface area contributed by atoms with Crippen molar-refractivity contribution in [3.8, 4) is 5.75 Å². The number of rotatable bonds is 6. The van der Waals surface area contributed by atoms with Gasteiger partial charge >= 0.3 is 0 Å². The van der Waals surface area contributed by atoms with Gasteiger partial charge in [0, 0.05) is 19.4 Å². The van der Waals surface area contributed by atoms with Crippen molar-refractivity contribution in [3.05, 3.63) is 47.4 Å². The van der Waals surface area contributed by atoms with Crippen LogP contribution in [0.25, 0.3) is 0 Å². The van der Waals surface area contributed by atoms with Gasteiger partial charge in [0.25, 0.3) is 0 Å². The molecule has 1 aromatic heterocycles. The molecule has 1 N–H and O–H groups in total. The summed E-state index contributed by atoms with van der Waals surface area (Å²) in [5.41, 5.74) is 1.15. The molecule has 21 heavy (non-hydrogen) atoms. The second kappa shape index (κ2) is 8.11. The number of hydrogen-bond acceptors (Lipinski definition) is 3. The van der Waals surface area contributed by atoms with Crippen molar-refractivity contribution in [2.24, 2.45) is 0 Å². The Kier molecular flexibility index (Phi) is 6.75. The van der Waals surface area contributed by atoms with Gasteiger partial charge in [0.05, 0.1) is 16.4 Å². The molecule has 0 bridgehead atoms. The molecule has 0 fully saturated rings. The highest BCUT2D eigenvalue weighted by molar-refractivity contribution is 9.13. The Morgan fingerprint density at radius 2 is 1.95 bits per heavy atom. The van der Waals surface area contributed by atoms with E-state index in [4.69, 9.17) is 4.74 Å². The molecule has 0 spiro atoms. The van der Waals surface area contributed by atoms with Gasteiger partial charge in [-0.3, -0.25) is 0 Å². The molecule has 2 aromatic rings. The molecule has 0 aliphatic carbocycles. The van der Waals surface area contributed by atoms with Gasteiger partial charge < -0.3 is 10.1 Å². The van der Waals surface area contributed by atoms with Crippen LogP contribution in [0.4, 0.5) is 0 Å². The van der Waals surface area contributed by atoms with Crippen LogP contribution in [-0.2, 0) is 0 Å². The summed E-state index contributed by atoms with van der Waals surface area (Å²) in [4.78, 5) is 1.25. The zero-order valence-corrected chi connectivity index (χ0v) is 17.3. The normalized spacial score (nSPS) is 12.4. The van der Waals surface area contributed by atoms with E-state index < -0.39 is 0 Å². The van der Waals surface area contributed by atoms with Crippen LogP contribution in [0.5, 0.6) is 5.75 Å². The minimum Gasteiger partial charge on any atom is -0.494 e. The molecule has 0 radical (unpaired) electrons. The monoisotopic (exact) mass is 495 g/mol. The fourth-order valence-corrected chi connectivity index (χ4v) is 4.67. The lowest BCUT2D eigenvalue weighted by molar-refractivity contribution is 0.333. The molecule has 1 unspecified atom stereocenters. The second-order valence-electron chi connectivity index (χ2n) is 4.38. The van der Waals surface area contributed by atoms with E-state index in [2.05, 4.69) is 72.2 Å². The Labute approximate surface area is 154 Å². The minimum absolute atomic E-state index is 0.113. The minimum atomic E-state index is 0.113. The molecule has 114 valence electrons. The first-order chi connectivity index (χ1) is 10.1. The first kappa shape index (κ1) is 17.5. The summed E-state index contributed by atoms with van der Waals surface area (Å²) in [5, 5.41) is 3.55.